The number of para-hydroxylation sites is 1. The summed E-state index contributed by atoms with van der Waals surface area (Å²) in [6.07, 6.45) is 3.06. The molecule has 1 aromatic carbocycles. The van der Waals surface area contributed by atoms with Gasteiger partial charge >= 0.3 is 0 Å². The van der Waals surface area contributed by atoms with Crippen LogP contribution in [-0.2, 0) is 0 Å². The third kappa shape index (κ3) is 1.94. The standard InChI is InChI=1S/C14H18N4/c1-10-9-12(10)14(17-15)13-7-8-16-18(13)11-5-3-2-4-6-11/h2-8,10,12,14,17H,9,15H2,1H3. The molecule has 3 unspecified atom stereocenters. The zero-order chi connectivity index (χ0) is 12.5. The molecular formula is C14H18N4. The van der Waals surface area contributed by atoms with Crippen molar-refractivity contribution >= 4 is 0 Å². The molecule has 1 aromatic heterocycles. The van der Waals surface area contributed by atoms with Crippen molar-refractivity contribution in [1.82, 2.24) is 15.2 Å². The third-order valence-corrected chi connectivity index (χ3v) is 3.77. The van der Waals surface area contributed by atoms with Crippen molar-refractivity contribution in [3.63, 3.8) is 0 Å². The molecule has 18 heavy (non-hydrogen) atoms. The van der Waals surface area contributed by atoms with Gasteiger partial charge in [0, 0.05) is 6.20 Å². The van der Waals surface area contributed by atoms with E-state index >= 15 is 0 Å². The molecule has 0 spiro atoms. The van der Waals surface area contributed by atoms with E-state index in [1.807, 2.05) is 35.1 Å². The Morgan fingerprint density at radius 1 is 1.33 bits per heavy atom. The van der Waals surface area contributed by atoms with Crippen molar-refractivity contribution in [2.24, 2.45) is 17.7 Å². The third-order valence-electron chi connectivity index (χ3n) is 3.77. The van der Waals surface area contributed by atoms with Crippen molar-refractivity contribution in [3.8, 4) is 5.69 Å². The van der Waals surface area contributed by atoms with Crippen LogP contribution in [0.3, 0.4) is 0 Å². The minimum atomic E-state index is 0.183. The van der Waals surface area contributed by atoms with Crippen LogP contribution < -0.4 is 11.3 Å². The first-order chi connectivity index (χ1) is 8.81. The van der Waals surface area contributed by atoms with Gasteiger partial charge < -0.3 is 0 Å². The van der Waals surface area contributed by atoms with E-state index in [0.29, 0.717) is 5.92 Å². The van der Waals surface area contributed by atoms with E-state index in [0.717, 1.165) is 17.3 Å². The number of hydrogen-bond acceptors (Lipinski definition) is 3. The fourth-order valence-corrected chi connectivity index (χ4v) is 2.58. The van der Waals surface area contributed by atoms with Gasteiger partial charge in [0.15, 0.2) is 0 Å². The second kappa shape index (κ2) is 4.55. The highest BCUT2D eigenvalue weighted by atomic mass is 15.3. The molecule has 0 saturated heterocycles. The van der Waals surface area contributed by atoms with Gasteiger partial charge in [0.1, 0.15) is 0 Å². The lowest BCUT2D eigenvalue weighted by Crippen LogP contribution is -2.31. The molecule has 2 aromatic rings. The molecule has 1 aliphatic rings. The smallest absolute Gasteiger partial charge is 0.0664 e. The van der Waals surface area contributed by atoms with Gasteiger partial charge in [-0.05, 0) is 36.5 Å². The molecule has 4 nitrogen and oxygen atoms in total. The number of aromatic nitrogens is 2. The van der Waals surface area contributed by atoms with Crippen LogP contribution in [0.4, 0.5) is 0 Å². The lowest BCUT2D eigenvalue weighted by molar-refractivity contribution is 0.454. The average Bonchev–Trinajstić information content (AvgIpc) is 2.93. The van der Waals surface area contributed by atoms with Gasteiger partial charge in [-0.2, -0.15) is 5.10 Å². The maximum absolute atomic E-state index is 5.72. The van der Waals surface area contributed by atoms with Crippen LogP contribution in [-0.4, -0.2) is 9.78 Å². The molecule has 3 atom stereocenters. The zero-order valence-electron chi connectivity index (χ0n) is 10.5. The SMILES string of the molecule is CC1CC1C(NN)c1ccnn1-c1ccccc1. The van der Waals surface area contributed by atoms with Gasteiger partial charge in [-0.25, -0.2) is 4.68 Å². The Morgan fingerprint density at radius 3 is 2.67 bits per heavy atom. The highest BCUT2D eigenvalue weighted by Crippen LogP contribution is 2.46. The zero-order valence-corrected chi connectivity index (χ0v) is 10.5. The molecule has 0 bridgehead atoms. The predicted molar refractivity (Wildman–Crippen MR) is 70.9 cm³/mol. The molecule has 0 radical (unpaired) electrons. The minimum Gasteiger partial charge on any atom is -0.271 e. The van der Waals surface area contributed by atoms with Gasteiger partial charge in [-0.1, -0.05) is 25.1 Å². The predicted octanol–water partition coefficient (Wildman–Crippen LogP) is 2.03. The van der Waals surface area contributed by atoms with Gasteiger partial charge in [0.05, 0.1) is 17.4 Å². The summed E-state index contributed by atoms with van der Waals surface area (Å²) >= 11 is 0. The van der Waals surface area contributed by atoms with E-state index in [-0.39, 0.29) is 6.04 Å². The van der Waals surface area contributed by atoms with Crippen LogP contribution in [0.5, 0.6) is 0 Å². The second-order valence-corrected chi connectivity index (χ2v) is 5.02. The highest BCUT2D eigenvalue weighted by molar-refractivity contribution is 5.33. The molecule has 0 aliphatic heterocycles. The summed E-state index contributed by atoms with van der Waals surface area (Å²) in [5.74, 6) is 7.08. The van der Waals surface area contributed by atoms with Crippen LogP contribution in [0.1, 0.15) is 25.1 Å². The second-order valence-electron chi connectivity index (χ2n) is 5.02. The lowest BCUT2D eigenvalue weighted by Gasteiger charge is -2.17. The van der Waals surface area contributed by atoms with Crippen molar-refractivity contribution in [2.45, 2.75) is 19.4 Å². The van der Waals surface area contributed by atoms with Crippen molar-refractivity contribution in [2.75, 3.05) is 0 Å². The number of nitrogens with one attached hydrogen (secondary N) is 1. The summed E-state index contributed by atoms with van der Waals surface area (Å²) in [5.41, 5.74) is 5.16. The van der Waals surface area contributed by atoms with Crippen molar-refractivity contribution < 1.29 is 0 Å². The summed E-state index contributed by atoms with van der Waals surface area (Å²) < 4.78 is 1.97. The summed E-state index contributed by atoms with van der Waals surface area (Å²) in [6.45, 7) is 2.26. The fourth-order valence-electron chi connectivity index (χ4n) is 2.58. The van der Waals surface area contributed by atoms with Gasteiger partial charge in [-0.3, -0.25) is 11.3 Å². The van der Waals surface area contributed by atoms with Gasteiger partial charge in [0.25, 0.3) is 0 Å². The lowest BCUT2D eigenvalue weighted by atomic mass is 10.1. The maximum atomic E-state index is 5.72. The Hall–Kier alpha value is -1.65. The highest BCUT2D eigenvalue weighted by Gasteiger charge is 2.41. The van der Waals surface area contributed by atoms with E-state index in [1.54, 1.807) is 0 Å². The number of hydrogen-bond donors (Lipinski definition) is 2. The van der Waals surface area contributed by atoms with Crippen LogP contribution in [0, 0.1) is 11.8 Å². The van der Waals surface area contributed by atoms with E-state index in [2.05, 4.69) is 29.6 Å². The molecule has 1 fully saturated rings. The summed E-state index contributed by atoms with van der Waals surface area (Å²) in [7, 11) is 0. The average molecular weight is 242 g/mol. The minimum absolute atomic E-state index is 0.183. The quantitative estimate of drug-likeness (QED) is 0.637. The van der Waals surface area contributed by atoms with Crippen molar-refractivity contribution in [1.29, 1.82) is 0 Å². The Bertz CT molecular complexity index is 520. The van der Waals surface area contributed by atoms with Crippen molar-refractivity contribution in [3.05, 3.63) is 48.3 Å². The Kier molecular flexibility index (Phi) is 2.89. The molecule has 4 heteroatoms. The van der Waals surface area contributed by atoms with Crippen LogP contribution >= 0.6 is 0 Å². The van der Waals surface area contributed by atoms with Gasteiger partial charge in [0.2, 0.25) is 0 Å². The summed E-state index contributed by atoms with van der Waals surface area (Å²) in [6, 6.07) is 12.4. The Labute approximate surface area is 107 Å². The summed E-state index contributed by atoms with van der Waals surface area (Å²) in [4.78, 5) is 0. The number of rotatable bonds is 4. The Morgan fingerprint density at radius 2 is 2.06 bits per heavy atom. The molecule has 0 amide bonds. The first kappa shape index (κ1) is 11.4. The number of benzene rings is 1. The molecule has 1 aliphatic carbocycles. The maximum Gasteiger partial charge on any atom is 0.0664 e. The first-order valence-electron chi connectivity index (χ1n) is 6.36. The fraction of sp³-hybridized carbons (Fsp3) is 0.357. The monoisotopic (exact) mass is 242 g/mol. The Balaban J connectivity index is 1.96. The topological polar surface area (TPSA) is 55.9 Å². The van der Waals surface area contributed by atoms with E-state index in [1.165, 1.54) is 6.42 Å². The van der Waals surface area contributed by atoms with Gasteiger partial charge in [-0.15, -0.1) is 0 Å². The first-order valence-corrected chi connectivity index (χ1v) is 6.36. The molecule has 3 rings (SSSR count). The number of hydrazine groups is 1. The molecule has 3 N–H and O–H groups in total. The molecular weight excluding hydrogens is 224 g/mol. The number of nitrogens with two attached hydrogens (primary N) is 1. The normalized spacial score (nSPS) is 23.9. The molecule has 1 saturated carbocycles. The molecule has 1 heterocycles. The van der Waals surface area contributed by atoms with Crippen LogP contribution in [0.25, 0.3) is 5.69 Å². The van der Waals surface area contributed by atoms with E-state index < -0.39 is 0 Å². The molecule has 94 valence electrons. The largest absolute Gasteiger partial charge is 0.271 e. The van der Waals surface area contributed by atoms with E-state index in [4.69, 9.17) is 5.84 Å². The van der Waals surface area contributed by atoms with Crippen LogP contribution in [0.15, 0.2) is 42.6 Å². The number of nitrogens with zero attached hydrogens (tertiary/aromatic N) is 2. The van der Waals surface area contributed by atoms with Crippen LogP contribution in [0.2, 0.25) is 0 Å². The van der Waals surface area contributed by atoms with E-state index in [9.17, 15) is 0 Å². The summed E-state index contributed by atoms with van der Waals surface area (Å²) in [5, 5.41) is 4.41.